The maximum absolute atomic E-state index is 4.48. The molecule has 2 N–H and O–H groups in total. The highest BCUT2D eigenvalue weighted by molar-refractivity contribution is 5.79. The van der Waals surface area contributed by atoms with Gasteiger partial charge < -0.3 is 10.6 Å². The number of rotatable bonds is 6. The van der Waals surface area contributed by atoms with Gasteiger partial charge in [0.2, 0.25) is 0 Å². The molecule has 0 radical (unpaired) electrons. The van der Waals surface area contributed by atoms with Crippen molar-refractivity contribution in [2.75, 3.05) is 13.6 Å². The molecule has 7 nitrogen and oxygen atoms in total. The fraction of sp³-hybridized carbons (Fsp3) is 0.588. The SMILES string of the molecule is CN=C(NCCCn1nc(C)cc1C)NCc1c(C)nn(C)c1C. The Balaban J connectivity index is 1.77. The quantitative estimate of drug-likeness (QED) is 0.479. The highest BCUT2D eigenvalue weighted by atomic mass is 15.3. The van der Waals surface area contributed by atoms with E-state index in [-0.39, 0.29) is 0 Å². The fourth-order valence-electron chi connectivity index (χ4n) is 2.80. The Bertz CT molecular complexity index is 709. The Kier molecular flexibility index (Phi) is 6.00. The van der Waals surface area contributed by atoms with Gasteiger partial charge >= 0.3 is 0 Å². The third kappa shape index (κ3) is 4.37. The summed E-state index contributed by atoms with van der Waals surface area (Å²) in [4.78, 5) is 4.28. The van der Waals surface area contributed by atoms with Crippen LogP contribution < -0.4 is 10.6 Å². The van der Waals surface area contributed by atoms with Crippen LogP contribution in [0.3, 0.4) is 0 Å². The molecule has 0 unspecified atom stereocenters. The summed E-state index contributed by atoms with van der Waals surface area (Å²) in [7, 11) is 3.76. The zero-order chi connectivity index (χ0) is 17.7. The van der Waals surface area contributed by atoms with E-state index in [4.69, 9.17) is 0 Å². The molecular formula is C17H29N7. The van der Waals surface area contributed by atoms with Gasteiger partial charge in [0.05, 0.1) is 11.4 Å². The molecule has 0 bridgehead atoms. The highest BCUT2D eigenvalue weighted by Crippen LogP contribution is 2.11. The monoisotopic (exact) mass is 331 g/mol. The van der Waals surface area contributed by atoms with Gasteiger partial charge in [-0.15, -0.1) is 0 Å². The van der Waals surface area contributed by atoms with Crippen LogP contribution in [0.5, 0.6) is 0 Å². The van der Waals surface area contributed by atoms with E-state index in [2.05, 4.69) is 50.4 Å². The van der Waals surface area contributed by atoms with Gasteiger partial charge in [0.15, 0.2) is 5.96 Å². The van der Waals surface area contributed by atoms with E-state index in [9.17, 15) is 0 Å². The van der Waals surface area contributed by atoms with Crippen molar-refractivity contribution >= 4 is 5.96 Å². The molecule has 24 heavy (non-hydrogen) atoms. The third-order valence-electron chi connectivity index (χ3n) is 4.26. The molecule has 0 spiro atoms. The first kappa shape index (κ1) is 18.0. The van der Waals surface area contributed by atoms with Crippen molar-refractivity contribution < 1.29 is 0 Å². The summed E-state index contributed by atoms with van der Waals surface area (Å²) in [6, 6.07) is 2.10. The molecule has 2 heterocycles. The van der Waals surface area contributed by atoms with Crippen LogP contribution in [0, 0.1) is 27.7 Å². The summed E-state index contributed by atoms with van der Waals surface area (Å²) in [5, 5.41) is 15.6. The fourth-order valence-corrected chi connectivity index (χ4v) is 2.80. The van der Waals surface area contributed by atoms with Gasteiger partial charge in [-0.25, -0.2) is 0 Å². The molecule has 0 saturated heterocycles. The van der Waals surface area contributed by atoms with Crippen LogP contribution in [0.4, 0.5) is 0 Å². The number of aliphatic imine (C=N–C) groups is 1. The number of guanidine groups is 1. The first-order valence-corrected chi connectivity index (χ1v) is 8.37. The molecule has 0 aliphatic rings. The second kappa shape index (κ2) is 7.99. The lowest BCUT2D eigenvalue weighted by atomic mass is 10.2. The zero-order valence-corrected chi connectivity index (χ0v) is 15.6. The van der Waals surface area contributed by atoms with Gasteiger partial charge in [-0.1, -0.05) is 0 Å². The Labute approximate surface area is 144 Å². The van der Waals surface area contributed by atoms with Crippen molar-refractivity contribution in [3.8, 4) is 0 Å². The maximum atomic E-state index is 4.48. The Morgan fingerprint density at radius 1 is 1.17 bits per heavy atom. The molecule has 0 aliphatic heterocycles. The molecule has 2 aromatic heterocycles. The third-order valence-corrected chi connectivity index (χ3v) is 4.26. The molecule has 132 valence electrons. The van der Waals surface area contributed by atoms with Crippen molar-refractivity contribution in [1.29, 1.82) is 0 Å². The van der Waals surface area contributed by atoms with Crippen molar-refractivity contribution in [3.63, 3.8) is 0 Å². The van der Waals surface area contributed by atoms with E-state index in [0.717, 1.165) is 43.4 Å². The van der Waals surface area contributed by atoms with Gasteiger partial charge in [-0.3, -0.25) is 14.4 Å². The average molecular weight is 331 g/mol. The van der Waals surface area contributed by atoms with Gasteiger partial charge in [-0.05, 0) is 40.2 Å². The molecule has 0 aromatic carbocycles. The summed E-state index contributed by atoms with van der Waals surface area (Å²) in [5.41, 5.74) is 5.74. The summed E-state index contributed by atoms with van der Waals surface area (Å²) in [6.45, 7) is 10.7. The van der Waals surface area contributed by atoms with Gasteiger partial charge in [0, 0.05) is 50.7 Å². The minimum absolute atomic E-state index is 0.725. The van der Waals surface area contributed by atoms with E-state index in [1.807, 2.05) is 25.6 Å². The minimum atomic E-state index is 0.725. The van der Waals surface area contributed by atoms with Gasteiger partial charge in [0.25, 0.3) is 0 Å². The number of hydrogen-bond donors (Lipinski definition) is 2. The zero-order valence-electron chi connectivity index (χ0n) is 15.6. The van der Waals surface area contributed by atoms with Crippen molar-refractivity contribution in [1.82, 2.24) is 30.2 Å². The summed E-state index contributed by atoms with van der Waals surface area (Å²) >= 11 is 0. The van der Waals surface area contributed by atoms with E-state index in [1.54, 1.807) is 7.05 Å². The molecule has 7 heteroatoms. The minimum Gasteiger partial charge on any atom is -0.356 e. The van der Waals surface area contributed by atoms with E-state index < -0.39 is 0 Å². The topological polar surface area (TPSA) is 72.1 Å². The maximum Gasteiger partial charge on any atom is 0.191 e. The largest absolute Gasteiger partial charge is 0.356 e. The van der Waals surface area contributed by atoms with Crippen LogP contribution in [-0.4, -0.2) is 39.1 Å². The predicted molar refractivity (Wildman–Crippen MR) is 97.2 cm³/mol. The first-order chi connectivity index (χ1) is 11.4. The molecule has 0 fully saturated rings. The van der Waals surface area contributed by atoms with E-state index >= 15 is 0 Å². The second-order valence-corrected chi connectivity index (χ2v) is 6.13. The predicted octanol–water partition coefficient (Wildman–Crippen LogP) is 1.61. The summed E-state index contributed by atoms with van der Waals surface area (Å²) in [6.07, 6.45) is 0.994. The normalized spacial score (nSPS) is 11.8. The number of hydrogen-bond acceptors (Lipinski definition) is 3. The van der Waals surface area contributed by atoms with E-state index in [1.165, 1.54) is 17.0 Å². The lowest BCUT2D eigenvalue weighted by Gasteiger charge is -2.12. The molecule has 0 saturated carbocycles. The second-order valence-electron chi connectivity index (χ2n) is 6.13. The van der Waals surface area contributed by atoms with Crippen LogP contribution >= 0.6 is 0 Å². The van der Waals surface area contributed by atoms with Crippen LogP contribution in [0.25, 0.3) is 0 Å². The van der Waals surface area contributed by atoms with Crippen LogP contribution in [0.1, 0.15) is 34.8 Å². The van der Waals surface area contributed by atoms with Crippen molar-refractivity contribution in [2.45, 2.75) is 47.2 Å². The molecule has 0 amide bonds. The van der Waals surface area contributed by atoms with Crippen molar-refractivity contribution in [3.05, 3.63) is 34.4 Å². The molecule has 0 atom stereocenters. The number of nitrogens with zero attached hydrogens (tertiary/aromatic N) is 5. The average Bonchev–Trinajstić information content (AvgIpc) is 2.98. The van der Waals surface area contributed by atoms with Crippen LogP contribution in [-0.2, 0) is 20.1 Å². The summed E-state index contributed by atoms with van der Waals surface area (Å²) in [5.74, 6) is 0.811. The highest BCUT2D eigenvalue weighted by Gasteiger charge is 2.09. The summed E-state index contributed by atoms with van der Waals surface area (Å²) < 4.78 is 3.96. The standard InChI is InChI=1S/C17H29N7/c1-12-10-13(2)24(21-12)9-7-8-19-17(18-5)20-11-16-14(3)22-23(6)15(16)4/h10H,7-9,11H2,1-6H3,(H2,18,19,20). The smallest absolute Gasteiger partial charge is 0.191 e. The van der Waals surface area contributed by atoms with Crippen LogP contribution in [0.15, 0.2) is 11.1 Å². The lowest BCUT2D eigenvalue weighted by molar-refractivity contribution is 0.555. The lowest BCUT2D eigenvalue weighted by Crippen LogP contribution is -2.37. The molecule has 2 rings (SSSR count). The van der Waals surface area contributed by atoms with Gasteiger partial charge in [0.1, 0.15) is 0 Å². The molecule has 0 aliphatic carbocycles. The van der Waals surface area contributed by atoms with Gasteiger partial charge in [-0.2, -0.15) is 10.2 Å². The molecular weight excluding hydrogens is 302 g/mol. The molecule has 2 aromatic rings. The Morgan fingerprint density at radius 3 is 2.46 bits per heavy atom. The van der Waals surface area contributed by atoms with E-state index in [0.29, 0.717) is 0 Å². The van der Waals surface area contributed by atoms with Crippen molar-refractivity contribution in [2.24, 2.45) is 12.0 Å². The number of aryl methyl sites for hydroxylation is 5. The Morgan fingerprint density at radius 2 is 1.92 bits per heavy atom. The number of aromatic nitrogens is 4. The Hall–Kier alpha value is -2.31. The van der Waals surface area contributed by atoms with Crippen LogP contribution in [0.2, 0.25) is 0 Å². The number of nitrogens with one attached hydrogen (secondary N) is 2. The first-order valence-electron chi connectivity index (χ1n) is 8.37.